The molecule has 7 nitrogen and oxygen atoms in total. The lowest BCUT2D eigenvalue weighted by Gasteiger charge is -2.61. The molecular weight excluding hydrogens is 400 g/mol. The third-order valence-corrected chi connectivity index (χ3v) is 9.59. The van der Waals surface area contributed by atoms with Crippen molar-refractivity contribution in [2.75, 3.05) is 6.61 Å². The Labute approximate surface area is 182 Å². The molecule has 5 aliphatic rings. The van der Waals surface area contributed by atoms with Crippen LogP contribution in [0.15, 0.2) is 11.6 Å². The van der Waals surface area contributed by atoms with Gasteiger partial charge in [-0.05, 0) is 68.3 Å². The van der Waals surface area contributed by atoms with Gasteiger partial charge in [-0.2, -0.15) is 0 Å². The number of aliphatic hydroxyl groups excluding tert-OH is 2. The molecule has 1 heterocycles. The molecule has 31 heavy (non-hydrogen) atoms. The molecule has 0 aromatic rings. The number of ether oxygens (including phenoxy) is 2. The molecule has 0 aromatic heterocycles. The van der Waals surface area contributed by atoms with Crippen molar-refractivity contribution >= 4 is 17.9 Å². The first kappa shape index (κ1) is 21.4. The van der Waals surface area contributed by atoms with E-state index >= 15 is 0 Å². The summed E-state index contributed by atoms with van der Waals surface area (Å²) in [6, 6.07) is 0. The summed E-state index contributed by atoms with van der Waals surface area (Å²) < 4.78 is 12.2. The van der Waals surface area contributed by atoms with E-state index in [1.807, 2.05) is 6.92 Å². The van der Waals surface area contributed by atoms with Crippen LogP contribution in [0.4, 0.5) is 0 Å². The molecule has 4 fully saturated rings. The zero-order valence-electron chi connectivity index (χ0n) is 18.4. The van der Waals surface area contributed by atoms with Gasteiger partial charge in [-0.15, -0.1) is 0 Å². The predicted octanol–water partition coefficient (Wildman–Crippen LogP) is 1.59. The maximum Gasteiger partial charge on any atom is 0.193 e. The number of allylic oxidation sites excluding steroid dienone is 1. The van der Waals surface area contributed by atoms with E-state index in [0.717, 1.165) is 24.7 Å². The van der Waals surface area contributed by atoms with E-state index in [0.29, 0.717) is 19.3 Å². The van der Waals surface area contributed by atoms with Crippen LogP contribution in [-0.2, 0) is 23.9 Å². The molecule has 0 amide bonds. The average Bonchev–Trinajstić information content (AvgIpc) is 3.17. The smallest absolute Gasteiger partial charge is 0.193 e. The Hall–Kier alpha value is -1.41. The summed E-state index contributed by atoms with van der Waals surface area (Å²) in [5.74, 6) is -1.06. The second-order valence-corrected chi connectivity index (χ2v) is 10.8. The molecule has 7 heteroatoms. The summed E-state index contributed by atoms with van der Waals surface area (Å²) in [4.78, 5) is 37.0. The fourth-order valence-electron chi connectivity index (χ4n) is 8.47. The van der Waals surface area contributed by atoms with Gasteiger partial charge in [0.2, 0.25) is 0 Å². The highest BCUT2D eigenvalue weighted by Gasteiger charge is 2.75. The van der Waals surface area contributed by atoms with Gasteiger partial charge < -0.3 is 24.5 Å². The Morgan fingerprint density at radius 3 is 2.74 bits per heavy atom. The number of fused-ring (bicyclic) bond motifs is 7. The van der Waals surface area contributed by atoms with Crippen LogP contribution in [0.3, 0.4) is 0 Å². The van der Waals surface area contributed by atoms with Crippen LogP contribution in [0.2, 0.25) is 0 Å². The van der Waals surface area contributed by atoms with E-state index in [4.69, 9.17) is 9.47 Å². The number of carbonyl (C=O) groups is 3. The summed E-state index contributed by atoms with van der Waals surface area (Å²) >= 11 is 0. The molecule has 0 aromatic carbocycles. The molecule has 0 bridgehead atoms. The van der Waals surface area contributed by atoms with Crippen molar-refractivity contribution in [2.45, 2.75) is 77.0 Å². The van der Waals surface area contributed by atoms with Gasteiger partial charge in [0, 0.05) is 5.41 Å². The SMILES string of the molecule is CC1O[C@@H]2C[C@H]3[C@@H]4CCC5=CC(=O)C(C=O)C[C@]5(C)[C@H]4[C@@H](O)C[C@]3(C)[C@]2(C(=O)CO)O1. The Bertz CT molecular complexity index is 866. The highest BCUT2D eigenvalue weighted by molar-refractivity contribution is 6.02. The first-order valence-corrected chi connectivity index (χ1v) is 11.5. The zero-order chi connectivity index (χ0) is 22.3. The molecule has 170 valence electrons. The summed E-state index contributed by atoms with van der Waals surface area (Å²) in [5.41, 5.74) is -1.29. The molecule has 10 atom stereocenters. The van der Waals surface area contributed by atoms with Crippen LogP contribution in [-0.4, -0.2) is 58.8 Å². The monoisotopic (exact) mass is 432 g/mol. The van der Waals surface area contributed by atoms with Gasteiger partial charge in [0.25, 0.3) is 0 Å². The topological polar surface area (TPSA) is 110 Å². The van der Waals surface area contributed by atoms with E-state index < -0.39 is 47.5 Å². The van der Waals surface area contributed by atoms with E-state index in [1.54, 1.807) is 13.0 Å². The molecule has 4 aliphatic carbocycles. The predicted molar refractivity (Wildman–Crippen MR) is 109 cm³/mol. The van der Waals surface area contributed by atoms with Gasteiger partial charge in [0.15, 0.2) is 23.5 Å². The largest absolute Gasteiger partial charge is 0.393 e. The van der Waals surface area contributed by atoms with Crippen molar-refractivity contribution in [2.24, 2.45) is 34.5 Å². The Kier molecular flexibility index (Phi) is 4.70. The molecule has 0 spiro atoms. The Balaban J connectivity index is 1.57. The third kappa shape index (κ3) is 2.52. The van der Waals surface area contributed by atoms with Gasteiger partial charge in [-0.1, -0.05) is 19.4 Å². The number of rotatable bonds is 3. The van der Waals surface area contributed by atoms with Crippen LogP contribution in [0.25, 0.3) is 0 Å². The highest BCUT2D eigenvalue weighted by Crippen LogP contribution is 2.70. The maximum absolute atomic E-state index is 13.1. The van der Waals surface area contributed by atoms with Crippen molar-refractivity contribution < 1.29 is 34.1 Å². The molecule has 5 rings (SSSR count). The maximum atomic E-state index is 13.1. The molecule has 2 unspecified atom stereocenters. The summed E-state index contributed by atoms with van der Waals surface area (Å²) in [5, 5.41) is 21.3. The van der Waals surface area contributed by atoms with Crippen LogP contribution < -0.4 is 0 Å². The highest BCUT2D eigenvalue weighted by atomic mass is 16.7. The second-order valence-electron chi connectivity index (χ2n) is 10.8. The first-order valence-electron chi connectivity index (χ1n) is 11.5. The van der Waals surface area contributed by atoms with Crippen molar-refractivity contribution in [3.8, 4) is 0 Å². The summed E-state index contributed by atoms with van der Waals surface area (Å²) in [6.45, 7) is 5.25. The Morgan fingerprint density at radius 2 is 2.06 bits per heavy atom. The minimum atomic E-state index is -1.25. The van der Waals surface area contributed by atoms with E-state index in [2.05, 4.69) is 6.92 Å². The van der Waals surface area contributed by atoms with Gasteiger partial charge in [-0.3, -0.25) is 9.59 Å². The lowest BCUT2D eigenvalue weighted by Crippen LogP contribution is -2.64. The lowest BCUT2D eigenvalue weighted by atomic mass is 9.45. The number of Topliss-reactive ketones (excluding diaryl/α,β-unsaturated/α-hetero) is 1. The summed E-state index contributed by atoms with van der Waals surface area (Å²) in [6.07, 6.45) is 3.69. The standard InChI is InChI=1S/C24H32O7/c1-12-30-20-7-16-15-5-4-14-6-17(27)13(10-25)8-22(14,2)21(15)18(28)9-23(16,3)24(20,31-12)19(29)11-26/h6,10,12-13,15-16,18,20-21,26,28H,4-5,7-9,11H2,1-3H3/t12?,13?,15-,16-,18-,20+,21+,22-,23-,24+/m0/s1. The van der Waals surface area contributed by atoms with Crippen molar-refractivity contribution in [3.05, 3.63) is 11.6 Å². The van der Waals surface area contributed by atoms with Crippen LogP contribution in [0.1, 0.15) is 52.9 Å². The van der Waals surface area contributed by atoms with Gasteiger partial charge >= 0.3 is 0 Å². The number of hydrogen-bond donors (Lipinski definition) is 2. The Morgan fingerprint density at radius 1 is 1.32 bits per heavy atom. The molecule has 2 N–H and O–H groups in total. The molecular formula is C24H32O7. The molecule has 1 saturated heterocycles. The second kappa shape index (κ2) is 6.80. The number of aldehydes is 1. The number of aliphatic hydroxyl groups is 2. The quantitative estimate of drug-likeness (QED) is 0.515. The fraction of sp³-hybridized carbons (Fsp3) is 0.792. The first-order chi connectivity index (χ1) is 14.6. The zero-order valence-corrected chi connectivity index (χ0v) is 18.4. The number of ketones is 2. The van der Waals surface area contributed by atoms with E-state index in [1.165, 1.54) is 0 Å². The lowest BCUT2D eigenvalue weighted by molar-refractivity contribution is -0.200. The van der Waals surface area contributed by atoms with Crippen LogP contribution >= 0.6 is 0 Å². The average molecular weight is 433 g/mol. The van der Waals surface area contributed by atoms with Crippen molar-refractivity contribution in [3.63, 3.8) is 0 Å². The van der Waals surface area contributed by atoms with Gasteiger partial charge in [0.1, 0.15) is 12.9 Å². The normalized spacial score (nSPS) is 53.1. The molecule has 1 aliphatic heterocycles. The number of carbonyl (C=O) groups excluding carboxylic acids is 3. The van der Waals surface area contributed by atoms with Gasteiger partial charge in [0.05, 0.1) is 18.1 Å². The van der Waals surface area contributed by atoms with Crippen molar-refractivity contribution in [1.82, 2.24) is 0 Å². The van der Waals surface area contributed by atoms with Crippen LogP contribution in [0.5, 0.6) is 0 Å². The van der Waals surface area contributed by atoms with E-state index in [9.17, 15) is 24.6 Å². The van der Waals surface area contributed by atoms with Crippen LogP contribution in [0, 0.1) is 34.5 Å². The fourth-order valence-corrected chi connectivity index (χ4v) is 8.47. The molecule has 3 saturated carbocycles. The minimum absolute atomic E-state index is 0.0829. The summed E-state index contributed by atoms with van der Waals surface area (Å²) in [7, 11) is 0. The van der Waals surface area contributed by atoms with E-state index in [-0.39, 0.29) is 29.3 Å². The minimum Gasteiger partial charge on any atom is -0.393 e. The third-order valence-electron chi connectivity index (χ3n) is 9.59. The van der Waals surface area contributed by atoms with Gasteiger partial charge in [-0.25, -0.2) is 0 Å². The number of hydrogen-bond acceptors (Lipinski definition) is 7. The molecule has 0 radical (unpaired) electrons. The van der Waals surface area contributed by atoms with Crippen molar-refractivity contribution in [1.29, 1.82) is 0 Å².